The first kappa shape index (κ1) is 16.7. The highest BCUT2D eigenvalue weighted by Crippen LogP contribution is 2.14. The van der Waals surface area contributed by atoms with Crippen LogP contribution in [0.2, 0.25) is 13.1 Å². The summed E-state index contributed by atoms with van der Waals surface area (Å²) in [6.45, 7) is 7.44. The molecule has 0 spiro atoms. The lowest BCUT2D eigenvalue weighted by molar-refractivity contribution is 0.0511. The highest BCUT2D eigenvalue weighted by atomic mass is 28.4. The van der Waals surface area contributed by atoms with E-state index in [9.17, 15) is 0 Å². The van der Waals surface area contributed by atoms with Crippen LogP contribution in [0, 0.1) is 6.92 Å². The third kappa shape index (κ3) is 4.70. The molecule has 22 heavy (non-hydrogen) atoms. The van der Waals surface area contributed by atoms with Gasteiger partial charge < -0.3 is 13.9 Å². The van der Waals surface area contributed by atoms with E-state index < -0.39 is 8.32 Å². The van der Waals surface area contributed by atoms with E-state index in [4.69, 9.17) is 13.9 Å². The van der Waals surface area contributed by atoms with Gasteiger partial charge in [-0.1, -0.05) is 42.0 Å². The lowest BCUT2D eigenvalue weighted by atomic mass is 10.2. The van der Waals surface area contributed by atoms with Crippen molar-refractivity contribution in [2.24, 2.45) is 0 Å². The zero-order valence-electron chi connectivity index (χ0n) is 13.8. The summed E-state index contributed by atoms with van der Waals surface area (Å²) in [5, 5.41) is 1.25. The Morgan fingerprint density at radius 3 is 2.14 bits per heavy atom. The van der Waals surface area contributed by atoms with Crippen LogP contribution in [-0.4, -0.2) is 22.2 Å². The molecule has 3 nitrogen and oxygen atoms in total. The second-order valence-corrected chi connectivity index (χ2v) is 9.75. The number of benzene rings is 2. The molecule has 0 aromatic heterocycles. The van der Waals surface area contributed by atoms with E-state index in [1.165, 1.54) is 16.3 Å². The van der Waals surface area contributed by atoms with Crippen LogP contribution in [0.15, 0.2) is 48.5 Å². The van der Waals surface area contributed by atoms with Gasteiger partial charge in [0.2, 0.25) is 8.32 Å². The quantitative estimate of drug-likeness (QED) is 0.577. The summed E-state index contributed by atoms with van der Waals surface area (Å²) in [6.07, 6.45) is 0. The molecule has 0 fully saturated rings. The summed E-state index contributed by atoms with van der Waals surface area (Å²) in [5.41, 5.74) is 2.48. The van der Waals surface area contributed by atoms with Crippen LogP contribution in [0.5, 0.6) is 5.75 Å². The van der Waals surface area contributed by atoms with Crippen LogP contribution in [0.4, 0.5) is 0 Å². The SMILES string of the molecule is COCOc1ccc([Si](C)(C)OCc2ccc(C)cc2)cc1. The number of ether oxygens (including phenoxy) is 2. The van der Waals surface area contributed by atoms with Crippen LogP contribution in [0.25, 0.3) is 0 Å². The van der Waals surface area contributed by atoms with E-state index in [1.54, 1.807) is 7.11 Å². The van der Waals surface area contributed by atoms with Gasteiger partial charge in [0.25, 0.3) is 0 Å². The van der Waals surface area contributed by atoms with Gasteiger partial charge in [-0.2, -0.15) is 0 Å². The molecule has 4 heteroatoms. The Labute approximate surface area is 134 Å². The molecule has 0 saturated carbocycles. The van der Waals surface area contributed by atoms with Crippen molar-refractivity contribution in [3.05, 3.63) is 59.7 Å². The summed E-state index contributed by atoms with van der Waals surface area (Å²) >= 11 is 0. The number of hydrogen-bond donors (Lipinski definition) is 0. The molecule has 2 aromatic carbocycles. The van der Waals surface area contributed by atoms with Gasteiger partial charge in [0, 0.05) is 7.11 Å². The summed E-state index contributed by atoms with van der Waals surface area (Å²) in [4.78, 5) is 0. The maximum atomic E-state index is 6.24. The maximum absolute atomic E-state index is 6.24. The number of hydrogen-bond acceptors (Lipinski definition) is 3. The zero-order valence-corrected chi connectivity index (χ0v) is 14.8. The molecule has 0 N–H and O–H groups in total. The monoisotopic (exact) mass is 316 g/mol. The molecular formula is C18H24O3Si. The second kappa shape index (κ2) is 7.58. The first-order valence-electron chi connectivity index (χ1n) is 7.43. The van der Waals surface area contributed by atoms with Gasteiger partial charge in [0.15, 0.2) is 6.79 Å². The van der Waals surface area contributed by atoms with E-state index in [0.717, 1.165) is 5.75 Å². The van der Waals surface area contributed by atoms with Gasteiger partial charge in [0.1, 0.15) is 5.75 Å². The summed E-state index contributed by atoms with van der Waals surface area (Å²) in [5.74, 6) is 0.814. The van der Waals surface area contributed by atoms with Gasteiger partial charge in [-0.15, -0.1) is 0 Å². The minimum Gasteiger partial charge on any atom is -0.468 e. The largest absolute Gasteiger partial charge is 0.468 e. The fourth-order valence-corrected chi connectivity index (χ4v) is 3.77. The number of rotatable bonds is 7. The molecule has 0 aliphatic carbocycles. The van der Waals surface area contributed by atoms with Crippen molar-refractivity contribution in [2.45, 2.75) is 26.6 Å². The topological polar surface area (TPSA) is 27.7 Å². The Morgan fingerprint density at radius 1 is 0.909 bits per heavy atom. The molecule has 0 amide bonds. The Hall–Kier alpha value is -1.62. The Balaban J connectivity index is 1.98. The minimum absolute atomic E-state index is 0.268. The molecule has 0 aliphatic heterocycles. The third-order valence-corrected chi connectivity index (χ3v) is 6.20. The predicted octanol–water partition coefficient (Wildman–Crippen LogP) is 3.61. The average molecular weight is 316 g/mol. The molecule has 0 radical (unpaired) electrons. The number of aryl methyl sites for hydroxylation is 1. The maximum Gasteiger partial charge on any atom is 0.218 e. The molecule has 118 valence electrons. The summed E-state index contributed by atoms with van der Waals surface area (Å²) in [7, 11) is -0.302. The van der Waals surface area contributed by atoms with Gasteiger partial charge in [-0.3, -0.25) is 0 Å². The lowest BCUT2D eigenvalue weighted by Gasteiger charge is -2.23. The minimum atomic E-state index is -1.92. The van der Waals surface area contributed by atoms with Crippen LogP contribution < -0.4 is 9.92 Å². The van der Waals surface area contributed by atoms with Crippen LogP contribution >= 0.6 is 0 Å². The predicted molar refractivity (Wildman–Crippen MR) is 92.0 cm³/mol. The van der Waals surface area contributed by atoms with Gasteiger partial charge in [-0.05, 0) is 42.9 Å². The fourth-order valence-electron chi connectivity index (χ4n) is 2.11. The van der Waals surface area contributed by atoms with Crippen molar-refractivity contribution in [1.29, 1.82) is 0 Å². The average Bonchev–Trinajstić information content (AvgIpc) is 2.53. The van der Waals surface area contributed by atoms with E-state index in [-0.39, 0.29) is 6.79 Å². The van der Waals surface area contributed by atoms with Crippen molar-refractivity contribution in [2.75, 3.05) is 13.9 Å². The molecule has 2 rings (SSSR count). The molecular weight excluding hydrogens is 292 g/mol. The highest BCUT2D eigenvalue weighted by molar-refractivity contribution is 6.84. The van der Waals surface area contributed by atoms with E-state index in [1.807, 2.05) is 12.1 Å². The molecule has 0 aliphatic rings. The first-order valence-corrected chi connectivity index (χ1v) is 10.3. The molecule has 0 heterocycles. The van der Waals surface area contributed by atoms with Crippen molar-refractivity contribution in [1.82, 2.24) is 0 Å². The van der Waals surface area contributed by atoms with Crippen molar-refractivity contribution in [3.63, 3.8) is 0 Å². The van der Waals surface area contributed by atoms with Crippen LogP contribution in [0.1, 0.15) is 11.1 Å². The van der Waals surface area contributed by atoms with E-state index in [0.29, 0.717) is 6.61 Å². The van der Waals surface area contributed by atoms with Gasteiger partial charge in [-0.25, -0.2) is 0 Å². The second-order valence-electron chi connectivity index (χ2n) is 5.86. The zero-order chi connectivity index (χ0) is 16.0. The summed E-state index contributed by atoms with van der Waals surface area (Å²) in [6, 6.07) is 16.6. The third-order valence-electron chi connectivity index (χ3n) is 3.61. The normalized spacial score (nSPS) is 11.5. The Bertz CT molecular complexity index is 576. The Morgan fingerprint density at radius 2 is 1.55 bits per heavy atom. The fraction of sp³-hybridized carbons (Fsp3) is 0.333. The lowest BCUT2D eigenvalue weighted by Crippen LogP contribution is -2.44. The summed E-state index contributed by atoms with van der Waals surface area (Å²) < 4.78 is 16.6. The standard InChI is InChI=1S/C18H24O3Si/c1-15-5-7-16(8-6-15)13-21-22(3,4)18-11-9-17(10-12-18)20-14-19-2/h5-12H,13-14H2,1-4H3. The smallest absolute Gasteiger partial charge is 0.218 e. The van der Waals surface area contributed by atoms with Crippen LogP contribution in [0.3, 0.4) is 0 Å². The van der Waals surface area contributed by atoms with Crippen molar-refractivity contribution >= 4 is 13.5 Å². The first-order chi connectivity index (χ1) is 10.5. The van der Waals surface area contributed by atoms with Crippen molar-refractivity contribution in [3.8, 4) is 5.75 Å². The van der Waals surface area contributed by atoms with E-state index in [2.05, 4.69) is 56.4 Å². The van der Waals surface area contributed by atoms with Crippen LogP contribution in [-0.2, 0) is 15.8 Å². The molecule has 0 bridgehead atoms. The molecule has 0 atom stereocenters. The number of methoxy groups -OCH3 is 1. The Kier molecular flexibility index (Phi) is 5.77. The van der Waals surface area contributed by atoms with Crippen molar-refractivity contribution < 1.29 is 13.9 Å². The molecule has 0 saturated heterocycles. The molecule has 2 aromatic rings. The van der Waals surface area contributed by atoms with E-state index >= 15 is 0 Å². The van der Waals surface area contributed by atoms with Gasteiger partial charge >= 0.3 is 0 Å². The molecule has 0 unspecified atom stereocenters. The van der Waals surface area contributed by atoms with Gasteiger partial charge in [0.05, 0.1) is 6.61 Å². The highest BCUT2D eigenvalue weighted by Gasteiger charge is 2.25.